The number of esters is 2. The molecule has 7 heteroatoms. The minimum Gasteiger partial charge on any atom is -0.494 e. The Morgan fingerprint density at radius 3 is 2.34 bits per heavy atom. The van der Waals surface area contributed by atoms with E-state index in [1.54, 1.807) is 20.8 Å². The smallest absolute Gasteiger partial charge is 0.355 e. The molecule has 1 heterocycles. The third-order valence-corrected chi connectivity index (χ3v) is 4.38. The fraction of sp³-hybridized carbons (Fsp3) is 0.409. The molecule has 0 unspecified atom stereocenters. The van der Waals surface area contributed by atoms with Crippen LogP contribution in [0.3, 0.4) is 0 Å². The molecule has 29 heavy (non-hydrogen) atoms. The second-order valence-corrected chi connectivity index (χ2v) is 6.69. The lowest BCUT2D eigenvalue weighted by Crippen LogP contribution is -2.16. The number of aromatic nitrogens is 1. The summed E-state index contributed by atoms with van der Waals surface area (Å²) >= 11 is 0. The van der Waals surface area contributed by atoms with Crippen molar-refractivity contribution in [2.75, 3.05) is 19.8 Å². The Hall–Kier alpha value is -3.09. The van der Waals surface area contributed by atoms with Gasteiger partial charge in [0.15, 0.2) is 6.61 Å². The average molecular weight is 401 g/mol. The Morgan fingerprint density at radius 1 is 1.00 bits per heavy atom. The van der Waals surface area contributed by atoms with Gasteiger partial charge in [-0.25, -0.2) is 4.79 Å². The van der Waals surface area contributed by atoms with Crippen molar-refractivity contribution in [3.8, 4) is 5.75 Å². The molecule has 1 aromatic heterocycles. The Balaban J connectivity index is 1.79. The van der Waals surface area contributed by atoms with Crippen molar-refractivity contribution in [1.82, 2.24) is 4.98 Å². The summed E-state index contributed by atoms with van der Waals surface area (Å²) in [6.07, 6.45) is 0.633. The molecule has 0 aliphatic carbocycles. The van der Waals surface area contributed by atoms with Crippen molar-refractivity contribution in [1.29, 1.82) is 0 Å². The number of carbonyl (C=O) groups excluding carboxylic acids is 3. The normalized spacial score (nSPS) is 10.5. The molecule has 2 aromatic rings. The van der Waals surface area contributed by atoms with Crippen molar-refractivity contribution >= 4 is 17.7 Å². The molecule has 0 aliphatic rings. The van der Waals surface area contributed by atoms with Crippen LogP contribution < -0.4 is 4.74 Å². The van der Waals surface area contributed by atoms with Crippen LogP contribution in [0.25, 0.3) is 0 Å². The van der Waals surface area contributed by atoms with Crippen molar-refractivity contribution in [3.05, 3.63) is 52.3 Å². The molecule has 0 saturated carbocycles. The monoisotopic (exact) mass is 401 g/mol. The summed E-state index contributed by atoms with van der Waals surface area (Å²) in [6, 6.07) is 7.65. The van der Waals surface area contributed by atoms with Gasteiger partial charge in [-0.05, 0) is 51.8 Å². The number of H-pyrrole nitrogens is 1. The van der Waals surface area contributed by atoms with E-state index in [2.05, 4.69) is 4.98 Å². The second kappa shape index (κ2) is 10.5. The summed E-state index contributed by atoms with van der Waals surface area (Å²) in [5.41, 5.74) is 2.77. The third kappa shape index (κ3) is 6.20. The lowest BCUT2D eigenvalue weighted by molar-refractivity contribution is -0.142. The standard InChI is InChI=1S/C22H27NO6/c1-5-27-22(26)21-15(3)20(16(4)23-21)18(24)13-29-19(25)7-6-12-28-17-10-8-14(2)9-11-17/h8-11,23H,5-7,12-13H2,1-4H3. The van der Waals surface area contributed by atoms with Gasteiger partial charge in [0.25, 0.3) is 0 Å². The van der Waals surface area contributed by atoms with Crippen LogP contribution in [0.15, 0.2) is 24.3 Å². The molecule has 156 valence electrons. The summed E-state index contributed by atoms with van der Waals surface area (Å²) in [6.45, 7) is 7.30. The molecule has 0 radical (unpaired) electrons. The molecule has 1 N–H and O–H groups in total. The number of aromatic amines is 1. The number of hydrogen-bond donors (Lipinski definition) is 1. The molecule has 1 aromatic carbocycles. The number of ketones is 1. The molecule has 0 spiro atoms. The number of aryl methyl sites for hydroxylation is 2. The van der Waals surface area contributed by atoms with Gasteiger partial charge in [-0.1, -0.05) is 17.7 Å². The maximum Gasteiger partial charge on any atom is 0.355 e. The molecule has 7 nitrogen and oxygen atoms in total. The molecule has 2 rings (SSSR count). The van der Waals surface area contributed by atoms with Gasteiger partial charge in [0.2, 0.25) is 5.78 Å². The van der Waals surface area contributed by atoms with E-state index in [0.717, 1.165) is 11.3 Å². The molecule has 0 bridgehead atoms. The van der Waals surface area contributed by atoms with Gasteiger partial charge in [-0.15, -0.1) is 0 Å². The molecule has 0 fully saturated rings. The zero-order valence-corrected chi connectivity index (χ0v) is 17.3. The number of benzene rings is 1. The molecule has 0 aliphatic heterocycles. The maximum atomic E-state index is 12.5. The van der Waals surface area contributed by atoms with E-state index < -0.39 is 11.9 Å². The topological polar surface area (TPSA) is 94.7 Å². The first-order chi connectivity index (χ1) is 13.8. The second-order valence-electron chi connectivity index (χ2n) is 6.69. The van der Waals surface area contributed by atoms with Gasteiger partial charge in [-0.2, -0.15) is 0 Å². The Bertz CT molecular complexity index is 866. The van der Waals surface area contributed by atoms with Crippen LogP contribution in [0.1, 0.15) is 57.4 Å². The average Bonchev–Trinajstić information content (AvgIpc) is 2.99. The first kappa shape index (κ1) is 22.2. The van der Waals surface area contributed by atoms with Crippen LogP contribution in [0.2, 0.25) is 0 Å². The van der Waals surface area contributed by atoms with E-state index >= 15 is 0 Å². The van der Waals surface area contributed by atoms with Crippen LogP contribution >= 0.6 is 0 Å². The van der Waals surface area contributed by atoms with Crippen LogP contribution in [-0.2, 0) is 14.3 Å². The summed E-state index contributed by atoms with van der Waals surface area (Å²) < 4.78 is 15.6. The highest BCUT2D eigenvalue weighted by atomic mass is 16.5. The van der Waals surface area contributed by atoms with E-state index in [4.69, 9.17) is 14.2 Å². The van der Waals surface area contributed by atoms with Gasteiger partial charge in [0.05, 0.1) is 13.2 Å². The van der Waals surface area contributed by atoms with Gasteiger partial charge < -0.3 is 19.2 Å². The summed E-state index contributed by atoms with van der Waals surface area (Å²) in [7, 11) is 0. The van der Waals surface area contributed by atoms with E-state index in [9.17, 15) is 14.4 Å². The number of Topliss-reactive ketones (excluding diaryl/α,β-unsaturated/α-hetero) is 1. The Kier molecular flexibility index (Phi) is 8.00. The maximum absolute atomic E-state index is 12.5. The van der Waals surface area contributed by atoms with Gasteiger partial charge in [0, 0.05) is 17.7 Å². The minimum absolute atomic E-state index is 0.151. The molecule has 0 amide bonds. The first-order valence-corrected chi connectivity index (χ1v) is 9.58. The summed E-state index contributed by atoms with van der Waals surface area (Å²) in [5, 5.41) is 0. The number of hydrogen-bond acceptors (Lipinski definition) is 6. The molecular formula is C22H27NO6. The highest BCUT2D eigenvalue weighted by molar-refractivity contribution is 6.03. The predicted octanol–water partition coefficient (Wildman–Crippen LogP) is 3.70. The van der Waals surface area contributed by atoms with Gasteiger partial charge in [0.1, 0.15) is 11.4 Å². The Labute approximate surface area is 170 Å². The van der Waals surface area contributed by atoms with E-state index in [1.807, 2.05) is 31.2 Å². The number of carbonyl (C=O) groups is 3. The van der Waals surface area contributed by atoms with Crippen molar-refractivity contribution in [2.45, 2.75) is 40.5 Å². The molecular weight excluding hydrogens is 374 g/mol. The quantitative estimate of drug-likeness (QED) is 0.371. The van der Waals surface area contributed by atoms with Gasteiger partial charge in [-0.3, -0.25) is 9.59 Å². The predicted molar refractivity (Wildman–Crippen MR) is 107 cm³/mol. The van der Waals surface area contributed by atoms with Gasteiger partial charge >= 0.3 is 11.9 Å². The summed E-state index contributed by atoms with van der Waals surface area (Å²) in [4.78, 5) is 39.1. The SMILES string of the molecule is CCOC(=O)c1[nH]c(C)c(C(=O)COC(=O)CCCOc2ccc(C)cc2)c1C. The first-order valence-electron chi connectivity index (χ1n) is 9.58. The number of ether oxygens (including phenoxy) is 3. The zero-order valence-electron chi connectivity index (χ0n) is 17.3. The number of rotatable bonds is 10. The fourth-order valence-corrected chi connectivity index (χ4v) is 2.91. The van der Waals surface area contributed by atoms with Crippen LogP contribution in [0, 0.1) is 20.8 Å². The van der Waals surface area contributed by atoms with Crippen molar-refractivity contribution in [3.63, 3.8) is 0 Å². The lowest BCUT2D eigenvalue weighted by Gasteiger charge is -2.07. The molecule has 0 saturated heterocycles. The lowest BCUT2D eigenvalue weighted by atomic mass is 10.1. The van der Waals surface area contributed by atoms with E-state index in [1.165, 1.54) is 0 Å². The summed E-state index contributed by atoms with van der Waals surface area (Å²) in [5.74, 6) is -0.606. The minimum atomic E-state index is -0.516. The van der Waals surface area contributed by atoms with Crippen LogP contribution in [-0.4, -0.2) is 42.5 Å². The van der Waals surface area contributed by atoms with Crippen LogP contribution in [0.4, 0.5) is 0 Å². The molecule has 0 atom stereocenters. The zero-order chi connectivity index (χ0) is 21.4. The number of nitrogens with one attached hydrogen (secondary N) is 1. The highest BCUT2D eigenvalue weighted by Gasteiger charge is 2.23. The van der Waals surface area contributed by atoms with E-state index in [0.29, 0.717) is 29.8 Å². The fourth-order valence-electron chi connectivity index (χ4n) is 2.91. The van der Waals surface area contributed by atoms with Crippen LogP contribution in [0.5, 0.6) is 5.75 Å². The Morgan fingerprint density at radius 2 is 1.69 bits per heavy atom. The largest absolute Gasteiger partial charge is 0.494 e. The highest BCUT2D eigenvalue weighted by Crippen LogP contribution is 2.19. The van der Waals surface area contributed by atoms with E-state index in [-0.39, 0.29) is 31.1 Å². The third-order valence-electron chi connectivity index (χ3n) is 4.38. The van der Waals surface area contributed by atoms with Crippen molar-refractivity contribution in [2.24, 2.45) is 0 Å². The van der Waals surface area contributed by atoms with Crippen molar-refractivity contribution < 1.29 is 28.6 Å².